The second kappa shape index (κ2) is 7.26. The van der Waals surface area contributed by atoms with E-state index >= 15 is 0 Å². The summed E-state index contributed by atoms with van der Waals surface area (Å²) in [6, 6.07) is 14.2. The van der Waals surface area contributed by atoms with E-state index in [1.54, 1.807) is 36.4 Å². The molecule has 0 aliphatic heterocycles. The Balaban J connectivity index is 1.91. The first-order chi connectivity index (χ1) is 10.6. The number of ether oxygens (including phenoxy) is 2. The van der Waals surface area contributed by atoms with E-state index in [0.29, 0.717) is 17.9 Å². The second-order valence-electron chi connectivity index (χ2n) is 4.75. The predicted octanol–water partition coefficient (Wildman–Crippen LogP) is 2.08. The Labute approximate surface area is 128 Å². The maximum atomic E-state index is 11.2. The van der Waals surface area contributed by atoms with Gasteiger partial charge < -0.3 is 15.2 Å². The topological polar surface area (TPSA) is 78.6 Å². The predicted molar refractivity (Wildman–Crippen MR) is 81.5 cm³/mol. The fourth-order valence-corrected chi connectivity index (χ4v) is 1.87. The Hall–Kier alpha value is -2.82. The molecule has 0 atom stereocenters. The summed E-state index contributed by atoms with van der Waals surface area (Å²) in [6.07, 6.45) is 0.241. The number of hydrogen-bond donors (Lipinski definition) is 1. The molecule has 2 aromatic rings. The summed E-state index contributed by atoms with van der Waals surface area (Å²) in [4.78, 5) is 22.1. The Morgan fingerprint density at radius 3 is 2.09 bits per heavy atom. The van der Waals surface area contributed by atoms with Crippen molar-refractivity contribution >= 4 is 11.9 Å². The lowest BCUT2D eigenvalue weighted by atomic mass is 10.1. The van der Waals surface area contributed by atoms with E-state index in [-0.39, 0.29) is 12.4 Å². The van der Waals surface area contributed by atoms with Crippen molar-refractivity contribution in [3.8, 4) is 5.75 Å². The van der Waals surface area contributed by atoms with Crippen LogP contribution in [-0.4, -0.2) is 19.0 Å². The SMILES string of the molecule is COC(=O)Cc1ccc(OCc2ccc(C(N)=O)cc2)cc1. The van der Waals surface area contributed by atoms with Crippen molar-refractivity contribution in [3.63, 3.8) is 0 Å². The van der Waals surface area contributed by atoms with E-state index in [0.717, 1.165) is 11.1 Å². The quantitative estimate of drug-likeness (QED) is 0.828. The van der Waals surface area contributed by atoms with Gasteiger partial charge in [0.2, 0.25) is 5.91 Å². The molecule has 2 N–H and O–H groups in total. The Morgan fingerprint density at radius 1 is 0.955 bits per heavy atom. The van der Waals surface area contributed by atoms with Gasteiger partial charge in [0.25, 0.3) is 0 Å². The van der Waals surface area contributed by atoms with Gasteiger partial charge in [0, 0.05) is 5.56 Å². The molecule has 5 nitrogen and oxygen atoms in total. The first-order valence-electron chi connectivity index (χ1n) is 6.76. The van der Waals surface area contributed by atoms with Gasteiger partial charge in [-0.15, -0.1) is 0 Å². The summed E-state index contributed by atoms with van der Waals surface area (Å²) < 4.78 is 10.3. The summed E-state index contributed by atoms with van der Waals surface area (Å²) in [5.41, 5.74) is 7.45. The van der Waals surface area contributed by atoms with E-state index in [4.69, 9.17) is 10.5 Å². The standard InChI is InChI=1S/C17H17NO4/c1-21-16(19)10-12-4-8-15(9-5-12)22-11-13-2-6-14(7-3-13)17(18)20/h2-9H,10-11H2,1H3,(H2,18,20). The molecule has 0 saturated carbocycles. The second-order valence-corrected chi connectivity index (χ2v) is 4.75. The van der Waals surface area contributed by atoms with Crippen LogP contribution in [0.4, 0.5) is 0 Å². The lowest BCUT2D eigenvalue weighted by Crippen LogP contribution is -2.10. The number of carbonyl (C=O) groups excluding carboxylic acids is 2. The van der Waals surface area contributed by atoms with Crippen LogP contribution in [0.2, 0.25) is 0 Å². The minimum absolute atomic E-state index is 0.241. The molecule has 22 heavy (non-hydrogen) atoms. The van der Waals surface area contributed by atoms with E-state index in [1.807, 2.05) is 12.1 Å². The molecular weight excluding hydrogens is 282 g/mol. The number of hydrogen-bond acceptors (Lipinski definition) is 4. The average molecular weight is 299 g/mol. The van der Waals surface area contributed by atoms with Crippen LogP contribution < -0.4 is 10.5 Å². The van der Waals surface area contributed by atoms with Crippen molar-refractivity contribution in [2.24, 2.45) is 5.73 Å². The van der Waals surface area contributed by atoms with Crippen LogP contribution in [0.1, 0.15) is 21.5 Å². The minimum Gasteiger partial charge on any atom is -0.489 e. The number of carbonyl (C=O) groups is 2. The molecule has 114 valence electrons. The van der Waals surface area contributed by atoms with Gasteiger partial charge in [-0.2, -0.15) is 0 Å². The van der Waals surface area contributed by atoms with Crippen molar-refractivity contribution in [3.05, 3.63) is 65.2 Å². The number of benzene rings is 2. The molecule has 0 spiro atoms. The zero-order valence-corrected chi connectivity index (χ0v) is 12.2. The molecule has 0 aliphatic carbocycles. The molecule has 0 bridgehead atoms. The van der Waals surface area contributed by atoms with Crippen LogP contribution in [0.3, 0.4) is 0 Å². The van der Waals surface area contributed by atoms with Gasteiger partial charge in [0.15, 0.2) is 0 Å². The molecule has 0 radical (unpaired) electrons. The molecule has 0 unspecified atom stereocenters. The summed E-state index contributed by atoms with van der Waals surface area (Å²) in [5, 5.41) is 0. The summed E-state index contributed by atoms with van der Waals surface area (Å²) in [6.45, 7) is 0.384. The number of amides is 1. The number of methoxy groups -OCH3 is 1. The van der Waals surface area contributed by atoms with Gasteiger partial charge in [0.05, 0.1) is 13.5 Å². The molecule has 1 amide bonds. The van der Waals surface area contributed by atoms with E-state index in [1.165, 1.54) is 7.11 Å². The van der Waals surface area contributed by atoms with Gasteiger partial charge in [-0.1, -0.05) is 24.3 Å². The van der Waals surface area contributed by atoms with Crippen molar-refractivity contribution < 1.29 is 19.1 Å². The van der Waals surface area contributed by atoms with Gasteiger partial charge >= 0.3 is 5.97 Å². The summed E-state index contributed by atoms with van der Waals surface area (Å²) in [7, 11) is 1.36. The van der Waals surface area contributed by atoms with Crippen LogP contribution in [0.5, 0.6) is 5.75 Å². The zero-order valence-electron chi connectivity index (χ0n) is 12.2. The van der Waals surface area contributed by atoms with Crippen LogP contribution in [0, 0.1) is 0 Å². The van der Waals surface area contributed by atoms with Crippen LogP contribution in [0.15, 0.2) is 48.5 Å². The molecule has 0 aliphatic rings. The molecule has 0 fully saturated rings. The summed E-state index contributed by atoms with van der Waals surface area (Å²) in [5.74, 6) is -0.0236. The molecule has 0 aromatic heterocycles. The molecule has 5 heteroatoms. The molecule has 0 saturated heterocycles. The van der Waals surface area contributed by atoms with E-state index < -0.39 is 5.91 Å². The van der Waals surface area contributed by atoms with Crippen LogP contribution >= 0.6 is 0 Å². The van der Waals surface area contributed by atoms with Gasteiger partial charge in [-0.05, 0) is 35.4 Å². The first kappa shape index (κ1) is 15.6. The van der Waals surface area contributed by atoms with Gasteiger partial charge in [0.1, 0.15) is 12.4 Å². The highest BCUT2D eigenvalue weighted by Gasteiger charge is 2.04. The third kappa shape index (κ3) is 4.34. The summed E-state index contributed by atoms with van der Waals surface area (Å²) >= 11 is 0. The molecule has 0 heterocycles. The number of primary amides is 1. The fourth-order valence-electron chi connectivity index (χ4n) is 1.87. The zero-order chi connectivity index (χ0) is 15.9. The number of nitrogens with two attached hydrogens (primary N) is 1. The van der Waals surface area contributed by atoms with E-state index in [2.05, 4.69) is 4.74 Å². The maximum Gasteiger partial charge on any atom is 0.309 e. The highest BCUT2D eigenvalue weighted by atomic mass is 16.5. The van der Waals surface area contributed by atoms with Crippen molar-refractivity contribution in [1.29, 1.82) is 0 Å². The first-order valence-corrected chi connectivity index (χ1v) is 6.76. The smallest absolute Gasteiger partial charge is 0.309 e. The van der Waals surface area contributed by atoms with Crippen molar-refractivity contribution in [1.82, 2.24) is 0 Å². The number of rotatable bonds is 6. The lowest BCUT2D eigenvalue weighted by molar-refractivity contribution is -0.139. The Bertz CT molecular complexity index is 647. The fraction of sp³-hybridized carbons (Fsp3) is 0.176. The highest BCUT2D eigenvalue weighted by molar-refractivity contribution is 5.92. The Morgan fingerprint density at radius 2 is 1.55 bits per heavy atom. The number of esters is 1. The monoisotopic (exact) mass is 299 g/mol. The Kier molecular flexibility index (Phi) is 5.14. The lowest BCUT2D eigenvalue weighted by Gasteiger charge is -2.07. The molecular formula is C17H17NO4. The third-order valence-corrected chi connectivity index (χ3v) is 3.14. The van der Waals surface area contributed by atoms with E-state index in [9.17, 15) is 9.59 Å². The van der Waals surface area contributed by atoms with Crippen molar-refractivity contribution in [2.45, 2.75) is 13.0 Å². The van der Waals surface area contributed by atoms with Gasteiger partial charge in [-0.3, -0.25) is 9.59 Å². The largest absolute Gasteiger partial charge is 0.489 e. The normalized spacial score (nSPS) is 10.0. The minimum atomic E-state index is -0.450. The molecule has 2 rings (SSSR count). The average Bonchev–Trinajstić information content (AvgIpc) is 2.54. The van der Waals surface area contributed by atoms with Gasteiger partial charge in [-0.25, -0.2) is 0 Å². The van der Waals surface area contributed by atoms with Crippen molar-refractivity contribution in [2.75, 3.05) is 7.11 Å². The van der Waals surface area contributed by atoms with Crippen LogP contribution in [-0.2, 0) is 22.6 Å². The maximum absolute atomic E-state index is 11.2. The third-order valence-electron chi connectivity index (χ3n) is 3.14. The van der Waals surface area contributed by atoms with Crippen LogP contribution in [0.25, 0.3) is 0 Å². The molecule has 2 aromatic carbocycles. The highest BCUT2D eigenvalue weighted by Crippen LogP contribution is 2.15.